The number of fused-ring (bicyclic) bond motifs is 1. The summed E-state index contributed by atoms with van der Waals surface area (Å²) in [4.78, 5) is 25.4. The number of hydrogen-bond donors (Lipinski definition) is 1. The summed E-state index contributed by atoms with van der Waals surface area (Å²) < 4.78 is 5.59. The molecule has 2 aromatic carbocycles. The van der Waals surface area contributed by atoms with Gasteiger partial charge in [-0.2, -0.15) is 0 Å². The van der Waals surface area contributed by atoms with E-state index in [-0.39, 0.29) is 11.8 Å². The molecule has 0 saturated carbocycles. The Bertz CT molecular complexity index is 713. The summed E-state index contributed by atoms with van der Waals surface area (Å²) >= 11 is 0. The van der Waals surface area contributed by atoms with E-state index in [0.717, 1.165) is 5.69 Å². The Morgan fingerprint density at radius 1 is 1.14 bits per heavy atom. The van der Waals surface area contributed by atoms with E-state index in [4.69, 9.17) is 4.74 Å². The van der Waals surface area contributed by atoms with Crippen molar-refractivity contribution in [2.24, 2.45) is 0 Å². The lowest BCUT2D eigenvalue weighted by Gasteiger charge is -2.29. The Balaban J connectivity index is 1.82. The molecule has 0 aromatic heterocycles. The number of rotatable bonds is 2. The molecule has 2 aromatic rings. The molecule has 0 aliphatic carbocycles. The molecule has 0 fully saturated rings. The van der Waals surface area contributed by atoms with Gasteiger partial charge in [-0.1, -0.05) is 18.2 Å². The van der Waals surface area contributed by atoms with Crippen LogP contribution in [-0.4, -0.2) is 25.0 Å². The highest BCUT2D eigenvalue weighted by atomic mass is 16.5. The first kappa shape index (κ1) is 14.1. The molecule has 1 aliphatic heterocycles. The van der Waals surface area contributed by atoms with Crippen LogP contribution in [0.25, 0.3) is 0 Å². The van der Waals surface area contributed by atoms with Gasteiger partial charge in [0, 0.05) is 24.2 Å². The minimum Gasteiger partial charge on any atom is -0.489 e. The molecular weight excluding hydrogens is 280 g/mol. The maximum atomic E-state index is 12.1. The lowest BCUT2D eigenvalue weighted by molar-refractivity contribution is -0.116. The number of carbonyl (C=O) groups is 2. The second kappa shape index (κ2) is 5.89. The van der Waals surface area contributed by atoms with E-state index in [2.05, 4.69) is 5.32 Å². The number of ether oxygens (including phenoxy) is 1. The van der Waals surface area contributed by atoms with Gasteiger partial charge in [-0.05, 0) is 24.3 Å². The highest BCUT2D eigenvalue weighted by Gasteiger charge is 2.21. The molecule has 1 heterocycles. The van der Waals surface area contributed by atoms with Crippen LogP contribution in [-0.2, 0) is 4.79 Å². The summed E-state index contributed by atoms with van der Waals surface area (Å²) in [7, 11) is 0. The van der Waals surface area contributed by atoms with Crippen molar-refractivity contribution >= 4 is 23.2 Å². The zero-order chi connectivity index (χ0) is 15.5. The fourth-order valence-electron chi connectivity index (χ4n) is 2.42. The van der Waals surface area contributed by atoms with E-state index < -0.39 is 0 Å². The third-order valence-corrected chi connectivity index (χ3v) is 3.50. The third kappa shape index (κ3) is 2.79. The first-order valence-corrected chi connectivity index (χ1v) is 7.06. The van der Waals surface area contributed by atoms with Gasteiger partial charge in [-0.3, -0.25) is 9.59 Å². The van der Waals surface area contributed by atoms with Crippen LogP contribution in [0.5, 0.6) is 5.75 Å². The number of benzene rings is 2. The van der Waals surface area contributed by atoms with Gasteiger partial charge in [-0.25, -0.2) is 0 Å². The zero-order valence-corrected chi connectivity index (χ0v) is 12.2. The van der Waals surface area contributed by atoms with Gasteiger partial charge < -0.3 is 15.0 Å². The van der Waals surface area contributed by atoms with Crippen molar-refractivity contribution in [3.8, 4) is 5.75 Å². The molecule has 1 aliphatic rings. The summed E-state index contributed by atoms with van der Waals surface area (Å²) in [5.74, 6) is 0.401. The van der Waals surface area contributed by atoms with Gasteiger partial charge in [0.2, 0.25) is 5.91 Å². The average molecular weight is 296 g/mol. The highest BCUT2D eigenvalue weighted by molar-refractivity contribution is 6.04. The summed E-state index contributed by atoms with van der Waals surface area (Å²) in [5, 5.41) is 2.83. The summed E-state index contributed by atoms with van der Waals surface area (Å²) in [5.41, 5.74) is 1.96. The molecule has 0 bridgehead atoms. The largest absolute Gasteiger partial charge is 0.489 e. The number of anilines is 2. The first-order valence-electron chi connectivity index (χ1n) is 7.06. The second-order valence-corrected chi connectivity index (χ2v) is 5.02. The Labute approximate surface area is 128 Å². The van der Waals surface area contributed by atoms with E-state index in [9.17, 15) is 9.59 Å². The monoisotopic (exact) mass is 296 g/mol. The van der Waals surface area contributed by atoms with Crippen molar-refractivity contribution in [2.45, 2.75) is 6.92 Å². The number of hydrogen-bond acceptors (Lipinski definition) is 3. The Morgan fingerprint density at radius 3 is 2.64 bits per heavy atom. The van der Waals surface area contributed by atoms with Crippen LogP contribution < -0.4 is 15.0 Å². The second-order valence-electron chi connectivity index (χ2n) is 5.02. The molecule has 0 unspecified atom stereocenters. The molecule has 1 N–H and O–H groups in total. The maximum absolute atomic E-state index is 12.1. The predicted molar refractivity (Wildman–Crippen MR) is 84.4 cm³/mol. The Hall–Kier alpha value is -2.82. The predicted octanol–water partition coefficient (Wildman–Crippen LogP) is 2.68. The highest BCUT2D eigenvalue weighted by Crippen LogP contribution is 2.34. The van der Waals surface area contributed by atoms with E-state index in [1.54, 1.807) is 35.2 Å². The summed E-state index contributed by atoms with van der Waals surface area (Å²) in [6.45, 7) is 2.51. The van der Waals surface area contributed by atoms with E-state index in [1.807, 2.05) is 18.2 Å². The van der Waals surface area contributed by atoms with Crippen LogP contribution in [0.1, 0.15) is 17.3 Å². The van der Waals surface area contributed by atoms with Crippen molar-refractivity contribution in [2.75, 3.05) is 23.4 Å². The van der Waals surface area contributed by atoms with E-state index in [1.165, 1.54) is 6.92 Å². The normalized spacial score (nSPS) is 13.0. The molecule has 0 atom stereocenters. The lowest BCUT2D eigenvalue weighted by atomic mass is 10.2. The standard InChI is InChI=1S/C17H16N2O3/c1-12(20)19-9-10-22-16-11-14(7-8-15(16)19)18-17(21)13-5-3-2-4-6-13/h2-8,11H,9-10H2,1H3,(H,18,21). The molecule has 0 spiro atoms. The minimum absolute atomic E-state index is 0.0226. The average Bonchev–Trinajstić information content (AvgIpc) is 2.54. The van der Waals surface area contributed by atoms with Crippen molar-refractivity contribution < 1.29 is 14.3 Å². The van der Waals surface area contributed by atoms with Gasteiger partial charge in [0.15, 0.2) is 0 Å². The first-order chi connectivity index (χ1) is 10.6. The summed E-state index contributed by atoms with van der Waals surface area (Å²) in [6.07, 6.45) is 0. The molecule has 112 valence electrons. The third-order valence-electron chi connectivity index (χ3n) is 3.50. The van der Waals surface area contributed by atoms with Crippen molar-refractivity contribution in [3.05, 3.63) is 54.1 Å². The molecule has 2 amide bonds. The quantitative estimate of drug-likeness (QED) is 0.927. The molecule has 22 heavy (non-hydrogen) atoms. The lowest BCUT2D eigenvalue weighted by Crippen LogP contribution is -2.36. The molecule has 0 saturated heterocycles. The van der Waals surface area contributed by atoms with Crippen molar-refractivity contribution in [1.82, 2.24) is 0 Å². The van der Waals surface area contributed by atoms with Crippen LogP contribution in [0, 0.1) is 0 Å². The van der Waals surface area contributed by atoms with Gasteiger partial charge in [-0.15, -0.1) is 0 Å². The van der Waals surface area contributed by atoms with Crippen molar-refractivity contribution in [3.63, 3.8) is 0 Å². The number of nitrogens with one attached hydrogen (secondary N) is 1. The van der Waals surface area contributed by atoms with Crippen LogP contribution in [0.3, 0.4) is 0 Å². The van der Waals surface area contributed by atoms with E-state index in [0.29, 0.717) is 30.2 Å². The molecule has 5 heteroatoms. The number of amides is 2. The van der Waals surface area contributed by atoms with Gasteiger partial charge in [0.05, 0.1) is 12.2 Å². The molecule has 0 radical (unpaired) electrons. The number of nitrogens with zero attached hydrogens (tertiary/aromatic N) is 1. The van der Waals surface area contributed by atoms with Gasteiger partial charge >= 0.3 is 0 Å². The number of carbonyl (C=O) groups excluding carboxylic acids is 2. The van der Waals surface area contributed by atoms with Crippen LogP contribution in [0.15, 0.2) is 48.5 Å². The summed E-state index contributed by atoms with van der Waals surface area (Å²) in [6, 6.07) is 14.3. The maximum Gasteiger partial charge on any atom is 0.255 e. The van der Waals surface area contributed by atoms with E-state index >= 15 is 0 Å². The molecule has 5 nitrogen and oxygen atoms in total. The Morgan fingerprint density at radius 2 is 1.91 bits per heavy atom. The minimum atomic E-state index is -0.181. The fraction of sp³-hybridized carbons (Fsp3) is 0.176. The van der Waals surface area contributed by atoms with Gasteiger partial charge in [0.1, 0.15) is 12.4 Å². The van der Waals surface area contributed by atoms with Gasteiger partial charge in [0.25, 0.3) is 5.91 Å². The topological polar surface area (TPSA) is 58.6 Å². The van der Waals surface area contributed by atoms with Crippen molar-refractivity contribution in [1.29, 1.82) is 0 Å². The molecule has 3 rings (SSSR count). The molecular formula is C17H16N2O3. The van der Waals surface area contributed by atoms with Crippen LogP contribution in [0.4, 0.5) is 11.4 Å². The van der Waals surface area contributed by atoms with Crippen LogP contribution in [0.2, 0.25) is 0 Å². The SMILES string of the molecule is CC(=O)N1CCOc2cc(NC(=O)c3ccccc3)ccc21. The smallest absolute Gasteiger partial charge is 0.255 e. The van der Waals surface area contributed by atoms with Crippen LogP contribution >= 0.6 is 0 Å². The fourth-order valence-corrected chi connectivity index (χ4v) is 2.42. The Kier molecular flexibility index (Phi) is 3.78. The zero-order valence-electron chi connectivity index (χ0n) is 12.2.